The predicted molar refractivity (Wildman–Crippen MR) is 117 cm³/mol. The summed E-state index contributed by atoms with van der Waals surface area (Å²) in [6, 6.07) is 7.49. The number of amides is 1. The van der Waals surface area contributed by atoms with Gasteiger partial charge in [-0.15, -0.1) is 0 Å². The number of nitrogens with zero attached hydrogens (tertiary/aromatic N) is 2. The molecule has 0 spiro atoms. The highest BCUT2D eigenvalue weighted by atomic mass is 32.2. The maximum Gasteiger partial charge on any atom is 0.244 e. The lowest BCUT2D eigenvalue weighted by molar-refractivity contribution is -0.124. The Kier molecular flexibility index (Phi) is 5.77. The molecule has 3 aliphatic rings. The van der Waals surface area contributed by atoms with Crippen molar-refractivity contribution in [3.8, 4) is 11.5 Å². The van der Waals surface area contributed by atoms with E-state index in [-0.39, 0.29) is 22.8 Å². The number of benzene rings is 1. The molecular formula is C23H27N3O5S. The van der Waals surface area contributed by atoms with Gasteiger partial charge in [-0.05, 0) is 55.0 Å². The summed E-state index contributed by atoms with van der Waals surface area (Å²) in [5.74, 6) is 0.916. The third-order valence-electron chi connectivity index (χ3n) is 6.64. The molecule has 0 radical (unpaired) electrons. The fourth-order valence-electron chi connectivity index (χ4n) is 5.10. The number of aromatic nitrogens is 1. The minimum Gasteiger partial charge on any atom is -0.486 e. The summed E-state index contributed by atoms with van der Waals surface area (Å²) in [5.41, 5.74) is 0.921. The molecular weight excluding hydrogens is 430 g/mol. The van der Waals surface area contributed by atoms with Gasteiger partial charge in [-0.1, -0.05) is 12.8 Å². The molecule has 1 aliphatic carbocycles. The SMILES string of the molecule is O=C(NCc1ccncc1)[C@@H]1C[C@@H]2CCCC[C@@H]2N1S(=O)(=O)c1ccc2c(c1)OCCO2. The van der Waals surface area contributed by atoms with E-state index in [4.69, 9.17) is 9.47 Å². The second-order valence-corrected chi connectivity index (χ2v) is 10.4. The minimum absolute atomic E-state index is 0.139. The van der Waals surface area contributed by atoms with Crippen LogP contribution < -0.4 is 14.8 Å². The highest BCUT2D eigenvalue weighted by Crippen LogP contribution is 2.43. The van der Waals surface area contributed by atoms with E-state index >= 15 is 0 Å². The van der Waals surface area contributed by atoms with Crippen molar-refractivity contribution < 1.29 is 22.7 Å². The molecule has 2 aliphatic heterocycles. The van der Waals surface area contributed by atoms with E-state index in [1.807, 2.05) is 12.1 Å². The van der Waals surface area contributed by atoms with Crippen molar-refractivity contribution in [1.82, 2.24) is 14.6 Å². The molecule has 5 rings (SSSR count). The molecule has 1 saturated heterocycles. The number of sulfonamides is 1. The van der Waals surface area contributed by atoms with E-state index < -0.39 is 16.1 Å². The van der Waals surface area contributed by atoms with Crippen LogP contribution in [-0.4, -0.2) is 48.9 Å². The van der Waals surface area contributed by atoms with Crippen LogP contribution in [0.15, 0.2) is 47.6 Å². The topological polar surface area (TPSA) is 97.8 Å². The number of pyridine rings is 1. The maximum atomic E-state index is 13.8. The first kappa shape index (κ1) is 21.2. The lowest BCUT2D eigenvalue weighted by Crippen LogP contribution is -2.49. The van der Waals surface area contributed by atoms with Gasteiger partial charge in [0, 0.05) is 31.0 Å². The number of fused-ring (bicyclic) bond motifs is 2. The summed E-state index contributed by atoms with van der Waals surface area (Å²) < 4.78 is 40.2. The second-order valence-electron chi connectivity index (χ2n) is 8.58. The zero-order chi connectivity index (χ0) is 22.1. The van der Waals surface area contributed by atoms with Crippen molar-refractivity contribution in [2.24, 2.45) is 5.92 Å². The first-order valence-electron chi connectivity index (χ1n) is 11.1. The third kappa shape index (κ3) is 3.95. The van der Waals surface area contributed by atoms with Gasteiger partial charge in [-0.25, -0.2) is 8.42 Å². The highest BCUT2D eigenvalue weighted by molar-refractivity contribution is 7.89. The van der Waals surface area contributed by atoms with Crippen molar-refractivity contribution in [3.63, 3.8) is 0 Å². The van der Waals surface area contributed by atoms with Crippen LogP contribution >= 0.6 is 0 Å². The molecule has 32 heavy (non-hydrogen) atoms. The molecule has 1 amide bonds. The quantitative estimate of drug-likeness (QED) is 0.741. The van der Waals surface area contributed by atoms with Gasteiger partial charge < -0.3 is 14.8 Å². The van der Waals surface area contributed by atoms with Gasteiger partial charge in [0.2, 0.25) is 15.9 Å². The molecule has 2 aromatic rings. The van der Waals surface area contributed by atoms with Gasteiger partial charge >= 0.3 is 0 Å². The Morgan fingerprint density at radius 1 is 1.06 bits per heavy atom. The number of nitrogens with one attached hydrogen (secondary N) is 1. The molecule has 8 nitrogen and oxygen atoms in total. The van der Waals surface area contributed by atoms with Gasteiger partial charge in [0.05, 0.1) is 4.90 Å². The average molecular weight is 458 g/mol. The molecule has 1 saturated carbocycles. The molecule has 0 unspecified atom stereocenters. The van der Waals surface area contributed by atoms with Crippen LogP contribution in [0, 0.1) is 5.92 Å². The van der Waals surface area contributed by atoms with E-state index in [1.54, 1.807) is 24.5 Å². The fourth-order valence-corrected chi connectivity index (χ4v) is 6.99. The lowest BCUT2D eigenvalue weighted by atomic mass is 9.85. The molecule has 9 heteroatoms. The Bertz CT molecular complexity index is 1090. The second kappa shape index (κ2) is 8.71. The zero-order valence-corrected chi connectivity index (χ0v) is 18.6. The van der Waals surface area contributed by atoms with Gasteiger partial charge in [-0.3, -0.25) is 9.78 Å². The van der Waals surface area contributed by atoms with Crippen molar-refractivity contribution in [3.05, 3.63) is 48.3 Å². The smallest absolute Gasteiger partial charge is 0.244 e. The summed E-state index contributed by atoms with van der Waals surface area (Å²) in [6.45, 7) is 1.16. The molecule has 0 bridgehead atoms. The molecule has 1 N–H and O–H groups in total. The Morgan fingerprint density at radius 2 is 1.81 bits per heavy atom. The van der Waals surface area contributed by atoms with E-state index in [9.17, 15) is 13.2 Å². The normalized spacial score (nSPS) is 25.2. The number of hydrogen-bond donors (Lipinski definition) is 1. The number of carbonyl (C=O) groups is 1. The third-order valence-corrected chi connectivity index (χ3v) is 8.57. The molecule has 170 valence electrons. The Morgan fingerprint density at radius 3 is 2.62 bits per heavy atom. The average Bonchev–Trinajstić information content (AvgIpc) is 3.23. The number of carbonyl (C=O) groups excluding carboxylic acids is 1. The summed E-state index contributed by atoms with van der Waals surface area (Å²) in [7, 11) is -3.89. The minimum atomic E-state index is -3.89. The molecule has 1 aromatic heterocycles. The zero-order valence-electron chi connectivity index (χ0n) is 17.8. The molecule has 3 atom stereocenters. The van der Waals surface area contributed by atoms with Gasteiger partial charge in [0.1, 0.15) is 19.3 Å². The first-order valence-corrected chi connectivity index (χ1v) is 12.6. The Hall–Kier alpha value is -2.65. The predicted octanol–water partition coefficient (Wildman–Crippen LogP) is 2.49. The number of rotatable bonds is 5. The van der Waals surface area contributed by atoms with Crippen LogP contribution in [0.25, 0.3) is 0 Å². The van der Waals surface area contributed by atoms with Crippen LogP contribution in [-0.2, 0) is 21.4 Å². The van der Waals surface area contributed by atoms with Crippen LogP contribution in [0.4, 0.5) is 0 Å². The monoisotopic (exact) mass is 457 g/mol. The maximum absolute atomic E-state index is 13.8. The van der Waals surface area contributed by atoms with Crippen LogP contribution in [0.2, 0.25) is 0 Å². The summed E-state index contributed by atoms with van der Waals surface area (Å²) in [4.78, 5) is 17.3. The molecule has 2 fully saturated rings. The summed E-state index contributed by atoms with van der Waals surface area (Å²) >= 11 is 0. The Balaban J connectivity index is 1.43. The van der Waals surface area contributed by atoms with Crippen LogP contribution in [0.5, 0.6) is 11.5 Å². The largest absolute Gasteiger partial charge is 0.486 e. The van der Waals surface area contributed by atoms with E-state index in [2.05, 4.69) is 10.3 Å². The molecule has 3 heterocycles. The van der Waals surface area contributed by atoms with E-state index in [0.29, 0.717) is 37.7 Å². The van der Waals surface area contributed by atoms with E-state index in [0.717, 1.165) is 31.2 Å². The van der Waals surface area contributed by atoms with Crippen molar-refractivity contribution >= 4 is 15.9 Å². The lowest BCUT2D eigenvalue weighted by Gasteiger charge is -2.33. The highest BCUT2D eigenvalue weighted by Gasteiger charge is 2.51. The Labute approximate surface area is 188 Å². The van der Waals surface area contributed by atoms with Gasteiger partial charge in [0.15, 0.2) is 11.5 Å². The first-order chi connectivity index (χ1) is 15.5. The molecule has 1 aromatic carbocycles. The standard InChI is InChI=1S/C23H27N3O5S/c27-23(25-15-16-7-9-24-10-8-16)20-13-17-3-1-2-4-19(17)26(20)32(28,29)18-5-6-21-22(14-18)31-12-11-30-21/h5-10,14,17,19-20H,1-4,11-13,15H2,(H,25,27)/t17-,19-,20-/m0/s1. The van der Waals surface area contributed by atoms with E-state index in [1.165, 1.54) is 10.4 Å². The number of hydrogen-bond acceptors (Lipinski definition) is 6. The number of ether oxygens (including phenoxy) is 2. The summed E-state index contributed by atoms with van der Waals surface area (Å²) in [5, 5.41) is 2.94. The van der Waals surface area contributed by atoms with Crippen LogP contribution in [0.1, 0.15) is 37.7 Å². The van der Waals surface area contributed by atoms with Gasteiger partial charge in [0.25, 0.3) is 0 Å². The van der Waals surface area contributed by atoms with Crippen molar-refractivity contribution in [2.75, 3.05) is 13.2 Å². The summed E-state index contributed by atoms with van der Waals surface area (Å²) in [6.07, 6.45) is 7.67. The fraction of sp³-hybridized carbons (Fsp3) is 0.478. The van der Waals surface area contributed by atoms with Crippen molar-refractivity contribution in [2.45, 2.75) is 55.6 Å². The van der Waals surface area contributed by atoms with Crippen molar-refractivity contribution in [1.29, 1.82) is 0 Å². The van der Waals surface area contributed by atoms with Crippen LogP contribution in [0.3, 0.4) is 0 Å². The van der Waals surface area contributed by atoms with Gasteiger partial charge in [-0.2, -0.15) is 4.31 Å².